The first-order valence-electron chi connectivity index (χ1n) is 3.43. The first kappa shape index (κ1) is 7.93. The van der Waals surface area contributed by atoms with Crippen LogP contribution >= 0.6 is 0 Å². The van der Waals surface area contributed by atoms with Gasteiger partial charge < -0.3 is 4.42 Å². The Hall–Kier alpha value is -1.69. The van der Waals surface area contributed by atoms with Gasteiger partial charge >= 0.3 is 6.01 Å². The predicted octanol–water partition coefficient (Wildman–Crippen LogP) is 1.39. The smallest absolute Gasteiger partial charge is 0.310 e. The third-order valence-corrected chi connectivity index (χ3v) is 1.57. The lowest BCUT2D eigenvalue weighted by atomic mass is 10.3. The Kier molecular flexibility index (Phi) is 1.63. The Labute approximate surface area is 71.3 Å². The summed E-state index contributed by atoms with van der Waals surface area (Å²) in [6.07, 6.45) is 0. The highest BCUT2D eigenvalue weighted by atomic mass is 19.2. The lowest BCUT2D eigenvalue weighted by molar-refractivity contribution is 0.493. The number of anilines is 1. The lowest BCUT2D eigenvalue weighted by Crippen LogP contribution is -2.06. The fourth-order valence-corrected chi connectivity index (χ4v) is 0.998. The SMILES string of the molecule is NNc1nc2ccc(F)c(F)c2o1. The summed E-state index contributed by atoms with van der Waals surface area (Å²) in [4.78, 5) is 3.72. The maximum Gasteiger partial charge on any atom is 0.310 e. The van der Waals surface area contributed by atoms with Crippen molar-refractivity contribution in [2.75, 3.05) is 5.43 Å². The molecular weight excluding hydrogens is 180 g/mol. The van der Waals surface area contributed by atoms with E-state index in [4.69, 9.17) is 10.3 Å². The van der Waals surface area contributed by atoms with E-state index in [1.165, 1.54) is 6.07 Å². The lowest BCUT2D eigenvalue weighted by Gasteiger charge is -1.90. The number of hydrogen-bond acceptors (Lipinski definition) is 4. The molecule has 0 atom stereocenters. The Morgan fingerprint density at radius 1 is 1.38 bits per heavy atom. The number of nitrogens with one attached hydrogen (secondary N) is 1. The molecule has 0 aliphatic heterocycles. The molecule has 1 aromatic heterocycles. The molecular formula is C7H5F2N3O. The number of oxazole rings is 1. The Morgan fingerprint density at radius 3 is 2.85 bits per heavy atom. The topological polar surface area (TPSA) is 64.1 Å². The fourth-order valence-electron chi connectivity index (χ4n) is 0.998. The molecule has 6 heteroatoms. The molecule has 0 saturated carbocycles. The summed E-state index contributed by atoms with van der Waals surface area (Å²) >= 11 is 0. The Balaban J connectivity index is 2.76. The summed E-state index contributed by atoms with van der Waals surface area (Å²) in [7, 11) is 0. The number of benzene rings is 1. The minimum atomic E-state index is -1.06. The van der Waals surface area contributed by atoms with Crippen molar-refractivity contribution >= 4 is 17.1 Å². The highest BCUT2D eigenvalue weighted by Crippen LogP contribution is 2.22. The first-order valence-corrected chi connectivity index (χ1v) is 3.43. The van der Waals surface area contributed by atoms with Crippen LogP contribution in [0.3, 0.4) is 0 Å². The molecule has 3 N–H and O–H groups in total. The third-order valence-electron chi connectivity index (χ3n) is 1.57. The quantitative estimate of drug-likeness (QED) is 0.520. The molecule has 0 spiro atoms. The van der Waals surface area contributed by atoms with Gasteiger partial charge in [-0.15, -0.1) is 0 Å². The highest BCUT2D eigenvalue weighted by Gasteiger charge is 2.13. The molecule has 0 radical (unpaired) electrons. The average molecular weight is 185 g/mol. The molecule has 0 unspecified atom stereocenters. The molecule has 0 amide bonds. The van der Waals surface area contributed by atoms with Crippen molar-refractivity contribution in [1.82, 2.24) is 4.98 Å². The second kappa shape index (κ2) is 2.67. The molecule has 0 aliphatic rings. The van der Waals surface area contributed by atoms with Gasteiger partial charge in [0, 0.05) is 0 Å². The van der Waals surface area contributed by atoms with Gasteiger partial charge in [-0.3, -0.25) is 5.43 Å². The van der Waals surface area contributed by atoms with Crippen molar-refractivity contribution in [2.45, 2.75) is 0 Å². The summed E-state index contributed by atoms with van der Waals surface area (Å²) in [6.45, 7) is 0. The zero-order valence-electron chi connectivity index (χ0n) is 6.34. The molecule has 0 aliphatic carbocycles. The summed E-state index contributed by atoms with van der Waals surface area (Å²) in [5, 5.41) is 0. The van der Waals surface area contributed by atoms with Gasteiger partial charge in [-0.1, -0.05) is 0 Å². The van der Waals surface area contributed by atoms with Gasteiger partial charge in [-0.05, 0) is 12.1 Å². The van der Waals surface area contributed by atoms with Crippen LogP contribution in [0.5, 0.6) is 0 Å². The van der Waals surface area contributed by atoms with E-state index >= 15 is 0 Å². The predicted molar refractivity (Wildman–Crippen MR) is 41.7 cm³/mol. The number of aromatic nitrogens is 1. The number of nitrogen functional groups attached to an aromatic ring is 1. The Morgan fingerprint density at radius 2 is 2.15 bits per heavy atom. The summed E-state index contributed by atoms with van der Waals surface area (Å²) in [5.74, 6) is 2.94. The van der Waals surface area contributed by atoms with Crippen LogP contribution in [0, 0.1) is 11.6 Å². The van der Waals surface area contributed by atoms with Crippen molar-refractivity contribution < 1.29 is 13.2 Å². The maximum atomic E-state index is 13.0. The van der Waals surface area contributed by atoms with E-state index in [-0.39, 0.29) is 17.1 Å². The van der Waals surface area contributed by atoms with E-state index in [2.05, 4.69) is 10.4 Å². The monoisotopic (exact) mass is 185 g/mol. The normalized spacial score (nSPS) is 10.7. The molecule has 1 heterocycles. The van der Waals surface area contributed by atoms with Crippen molar-refractivity contribution in [3.63, 3.8) is 0 Å². The standard InChI is InChI=1S/C7H5F2N3O/c8-3-1-2-4-6(5(3)9)13-7(11-4)12-10/h1-2H,10H2,(H,11,12). The van der Waals surface area contributed by atoms with Crippen molar-refractivity contribution in [3.05, 3.63) is 23.8 Å². The molecule has 0 bridgehead atoms. The number of nitrogens with zero attached hydrogens (tertiary/aromatic N) is 1. The van der Waals surface area contributed by atoms with Gasteiger partial charge in [0.1, 0.15) is 5.52 Å². The van der Waals surface area contributed by atoms with E-state index in [0.29, 0.717) is 0 Å². The van der Waals surface area contributed by atoms with Gasteiger partial charge in [0.2, 0.25) is 5.82 Å². The number of nitrogens with two attached hydrogens (primary N) is 1. The minimum Gasteiger partial charge on any atom is -0.419 e. The van der Waals surface area contributed by atoms with Crippen LogP contribution in [0.1, 0.15) is 0 Å². The molecule has 13 heavy (non-hydrogen) atoms. The van der Waals surface area contributed by atoms with E-state index in [0.717, 1.165) is 6.07 Å². The summed E-state index contributed by atoms with van der Waals surface area (Å²) in [6, 6.07) is 2.22. The molecule has 0 saturated heterocycles. The van der Waals surface area contributed by atoms with Crippen LogP contribution < -0.4 is 11.3 Å². The van der Waals surface area contributed by atoms with Crippen LogP contribution in [0.4, 0.5) is 14.8 Å². The van der Waals surface area contributed by atoms with Crippen LogP contribution in [0.15, 0.2) is 16.5 Å². The van der Waals surface area contributed by atoms with E-state index in [1.54, 1.807) is 0 Å². The number of halogens is 2. The van der Waals surface area contributed by atoms with Gasteiger partial charge in [0.05, 0.1) is 0 Å². The number of fused-ring (bicyclic) bond motifs is 1. The van der Waals surface area contributed by atoms with Crippen LogP contribution in [-0.2, 0) is 0 Å². The first-order chi connectivity index (χ1) is 6.22. The van der Waals surface area contributed by atoms with Crippen molar-refractivity contribution in [2.24, 2.45) is 5.84 Å². The highest BCUT2D eigenvalue weighted by molar-refractivity contribution is 5.75. The van der Waals surface area contributed by atoms with Crippen LogP contribution in [0.25, 0.3) is 11.1 Å². The zero-order chi connectivity index (χ0) is 9.42. The second-order valence-electron chi connectivity index (χ2n) is 2.37. The molecule has 1 aromatic carbocycles. The van der Waals surface area contributed by atoms with E-state index in [1.807, 2.05) is 0 Å². The number of rotatable bonds is 1. The molecule has 2 aromatic rings. The van der Waals surface area contributed by atoms with Crippen molar-refractivity contribution in [3.8, 4) is 0 Å². The molecule has 68 valence electrons. The minimum absolute atomic E-state index is 0.0560. The third kappa shape index (κ3) is 1.11. The molecule has 2 rings (SSSR count). The Bertz CT molecular complexity index is 454. The van der Waals surface area contributed by atoms with E-state index in [9.17, 15) is 8.78 Å². The molecule has 4 nitrogen and oxygen atoms in total. The zero-order valence-corrected chi connectivity index (χ0v) is 6.34. The van der Waals surface area contributed by atoms with Crippen LogP contribution in [-0.4, -0.2) is 4.98 Å². The van der Waals surface area contributed by atoms with Crippen molar-refractivity contribution in [1.29, 1.82) is 0 Å². The largest absolute Gasteiger partial charge is 0.419 e. The fraction of sp³-hybridized carbons (Fsp3) is 0. The summed E-state index contributed by atoms with van der Waals surface area (Å²) in [5.41, 5.74) is 2.07. The number of hydrazine groups is 1. The van der Waals surface area contributed by atoms with Crippen LogP contribution in [0.2, 0.25) is 0 Å². The number of hydrogen-bond donors (Lipinski definition) is 2. The van der Waals surface area contributed by atoms with Gasteiger partial charge in [-0.2, -0.15) is 9.37 Å². The molecule has 0 fully saturated rings. The van der Waals surface area contributed by atoms with E-state index < -0.39 is 11.6 Å². The van der Waals surface area contributed by atoms with Gasteiger partial charge in [0.25, 0.3) is 0 Å². The average Bonchev–Trinajstić information content (AvgIpc) is 2.55. The van der Waals surface area contributed by atoms with Gasteiger partial charge in [-0.25, -0.2) is 10.2 Å². The van der Waals surface area contributed by atoms with Gasteiger partial charge in [0.15, 0.2) is 11.4 Å². The summed E-state index contributed by atoms with van der Waals surface area (Å²) < 4.78 is 30.4. The second-order valence-corrected chi connectivity index (χ2v) is 2.37. The maximum absolute atomic E-state index is 13.0.